The van der Waals surface area contributed by atoms with Gasteiger partial charge in [-0.25, -0.2) is 9.69 Å². The van der Waals surface area contributed by atoms with Gasteiger partial charge in [-0.3, -0.25) is 19.3 Å². The Hall–Kier alpha value is -2.70. The molecule has 0 radical (unpaired) electrons. The molecule has 1 aliphatic heterocycles. The van der Waals surface area contributed by atoms with E-state index in [-0.39, 0.29) is 12.0 Å². The van der Waals surface area contributed by atoms with Gasteiger partial charge in [0, 0.05) is 12.6 Å². The van der Waals surface area contributed by atoms with Crippen molar-refractivity contribution < 1.29 is 19.2 Å². The maximum absolute atomic E-state index is 12.6. The normalized spacial score (nSPS) is 23.5. The average molecular weight is 357 g/mol. The van der Waals surface area contributed by atoms with Gasteiger partial charge in [0.2, 0.25) is 5.91 Å². The van der Waals surface area contributed by atoms with Crippen LogP contribution in [0.1, 0.15) is 38.2 Å². The number of rotatable bonds is 5. The first-order valence-corrected chi connectivity index (χ1v) is 8.98. The van der Waals surface area contributed by atoms with E-state index in [4.69, 9.17) is 0 Å². The Morgan fingerprint density at radius 2 is 1.77 bits per heavy atom. The maximum Gasteiger partial charge on any atom is 0.334 e. The molecule has 2 fully saturated rings. The van der Waals surface area contributed by atoms with Crippen molar-refractivity contribution in [2.24, 2.45) is 5.92 Å². The minimum Gasteiger partial charge on any atom is -0.350 e. The van der Waals surface area contributed by atoms with Crippen LogP contribution in [0.15, 0.2) is 30.3 Å². The van der Waals surface area contributed by atoms with Crippen molar-refractivity contribution >= 4 is 23.8 Å². The average Bonchev–Trinajstić information content (AvgIpc) is 2.85. The Morgan fingerprint density at radius 1 is 1.08 bits per heavy atom. The number of urea groups is 1. The van der Waals surface area contributed by atoms with Crippen LogP contribution in [-0.4, -0.2) is 46.1 Å². The van der Waals surface area contributed by atoms with E-state index in [0.717, 1.165) is 34.6 Å². The van der Waals surface area contributed by atoms with Crippen molar-refractivity contribution in [3.8, 4) is 0 Å². The molecule has 1 N–H and O–H groups in total. The second kappa shape index (κ2) is 7.68. The van der Waals surface area contributed by atoms with Gasteiger partial charge in [0.05, 0.1) is 0 Å². The molecular weight excluding hydrogens is 334 g/mol. The molecule has 1 aromatic rings. The Labute approximate surface area is 152 Å². The fourth-order valence-corrected chi connectivity index (χ4v) is 3.63. The first-order chi connectivity index (χ1) is 12.5. The molecule has 1 aliphatic carbocycles. The monoisotopic (exact) mass is 357 g/mol. The second-order valence-corrected chi connectivity index (χ2v) is 6.94. The van der Waals surface area contributed by atoms with Crippen LogP contribution in [0.3, 0.4) is 0 Å². The van der Waals surface area contributed by atoms with Gasteiger partial charge in [-0.15, -0.1) is 0 Å². The molecule has 26 heavy (non-hydrogen) atoms. The molecule has 2 aliphatic rings. The molecule has 0 bridgehead atoms. The molecular formula is C19H23N3O4. The third-order valence-corrected chi connectivity index (χ3v) is 5.12. The standard InChI is InChI=1S/C19H23N3O4/c1-13-7-5-6-10-15(13)22-18(25)17(24)21(19(22)26)12-16(23)20-11-14-8-3-2-4-9-14/h2-4,8-9,13,15H,5-7,10-12H2,1H3,(H,20,23)/t13-,15+/m0/s1. The van der Waals surface area contributed by atoms with Crippen molar-refractivity contribution in [2.45, 2.75) is 45.2 Å². The van der Waals surface area contributed by atoms with Crippen molar-refractivity contribution in [2.75, 3.05) is 6.54 Å². The van der Waals surface area contributed by atoms with Crippen LogP contribution in [-0.2, 0) is 20.9 Å². The topological polar surface area (TPSA) is 86.8 Å². The Kier molecular flexibility index (Phi) is 5.35. The summed E-state index contributed by atoms with van der Waals surface area (Å²) in [5, 5.41) is 2.67. The van der Waals surface area contributed by atoms with Gasteiger partial charge in [-0.1, -0.05) is 50.1 Å². The molecule has 1 heterocycles. The van der Waals surface area contributed by atoms with Gasteiger partial charge in [0.25, 0.3) is 0 Å². The first-order valence-electron chi connectivity index (χ1n) is 8.98. The number of carbonyl (C=O) groups is 4. The molecule has 0 spiro atoms. The number of imide groups is 2. The van der Waals surface area contributed by atoms with Crippen LogP contribution in [0.5, 0.6) is 0 Å². The molecule has 1 saturated carbocycles. The predicted octanol–water partition coefficient (Wildman–Crippen LogP) is 1.67. The van der Waals surface area contributed by atoms with Crippen molar-refractivity contribution in [3.63, 3.8) is 0 Å². The Morgan fingerprint density at radius 3 is 2.46 bits per heavy atom. The lowest BCUT2D eigenvalue weighted by atomic mass is 9.85. The number of carbonyl (C=O) groups excluding carboxylic acids is 4. The summed E-state index contributed by atoms with van der Waals surface area (Å²) in [4.78, 5) is 51.1. The van der Waals surface area contributed by atoms with E-state index in [1.807, 2.05) is 37.3 Å². The number of hydrogen-bond donors (Lipinski definition) is 1. The molecule has 138 valence electrons. The Bertz CT molecular complexity index is 719. The second-order valence-electron chi connectivity index (χ2n) is 6.94. The molecule has 1 saturated heterocycles. The van der Waals surface area contributed by atoms with E-state index >= 15 is 0 Å². The number of amides is 5. The molecule has 1 aromatic carbocycles. The van der Waals surface area contributed by atoms with Gasteiger partial charge in [0.1, 0.15) is 6.54 Å². The highest BCUT2D eigenvalue weighted by atomic mass is 16.2. The van der Waals surface area contributed by atoms with Crippen LogP contribution in [0, 0.1) is 5.92 Å². The van der Waals surface area contributed by atoms with Gasteiger partial charge < -0.3 is 5.32 Å². The highest BCUT2D eigenvalue weighted by Gasteiger charge is 2.49. The first kappa shape index (κ1) is 18.1. The van der Waals surface area contributed by atoms with Gasteiger partial charge in [0.15, 0.2) is 0 Å². The highest BCUT2D eigenvalue weighted by molar-refractivity contribution is 6.45. The number of hydrogen-bond acceptors (Lipinski definition) is 4. The highest BCUT2D eigenvalue weighted by Crippen LogP contribution is 2.31. The fraction of sp³-hybridized carbons (Fsp3) is 0.474. The van der Waals surface area contributed by atoms with E-state index in [1.54, 1.807) is 0 Å². The predicted molar refractivity (Wildman–Crippen MR) is 93.7 cm³/mol. The molecule has 5 amide bonds. The zero-order valence-electron chi connectivity index (χ0n) is 14.8. The summed E-state index contributed by atoms with van der Waals surface area (Å²) in [7, 11) is 0. The lowest BCUT2D eigenvalue weighted by Gasteiger charge is -2.34. The number of benzene rings is 1. The number of nitrogens with zero attached hydrogens (tertiary/aromatic N) is 2. The lowest BCUT2D eigenvalue weighted by molar-refractivity contribution is -0.145. The van der Waals surface area contributed by atoms with E-state index in [9.17, 15) is 19.2 Å². The van der Waals surface area contributed by atoms with Crippen LogP contribution >= 0.6 is 0 Å². The summed E-state index contributed by atoms with van der Waals surface area (Å²) >= 11 is 0. The van der Waals surface area contributed by atoms with Crippen molar-refractivity contribution in [1.82, 2.24) is 15.1 Å². The summed E-state index contributed by atoms with van der Waals surface area (Å²) in [5.74, 6) is -2.04. The summed E-state index contributed by atoms with van der Waals surface area (Å²) < 4.78 is 0. The van der Waals surface area contributed by atoms with Crippen molar-refractivity contribution in [1.29, 1.82) is 0 Å². The SMILES string of the molecule is C[C@H]1CCCC[C@H]1N1C(=O)C(=O)N(CC(=O)NCc2ccccc2)C1=O. The summed E-state index contributed by atoms with van der Waals surface area (Å²) in [6.45, 7) is 1.85. The molecule has 0 aromatic heterocycles. The van der Waals surface area contributed by atoms with Crippen LogP contribution < -0.4 is 5.32 Å². The van der Waals surface area contributed by atoms with E-state index in [1.165, 1.54) is 0 Å². The quantitative estimate of drug-likeness (QED) is 0.641. The molecule has 7 nitrogen and oxygen atoms in total. The summed E-state index contributed by atoms with van der Waals surface area (Å²) in [6, 6.07) is 8.39. The minimum atomic E-state index is -0.914. The zero-order chi connectivity index (χ0) is 18.7. The van der Waals surface area contributed by atoms with E-state index in [2.05, 4.69) is 5.32 Å². The maximum atomic E-state index is 12.6. The third-order valence-electron chi connectivity index (χ3n) is 5.12. The zero-order valence-corrected chi connectivity index (χ0v) is 14.8. The lowest BCUT2D eigenvalue weighted by Crippen LogP contribution is -2.47. The number of nitrogens with one attached hydrogen (secondary N) is 1. The molecule has 0 unspecified atom stereocenters. The Balaban J connectivity index is 1.62. The van der Waals surface area contributed by atoms with Gasteiger partial charge in [-0.05, 0) is 24.3 Å². The molecule has 7 heteroatoms. The van der Waals surface area contributed by atoms with E-state index < -0.39 is 30.3 Å². The largest absolute Gasteiger partial charge is 0.350 e. The fourth-order valence-electron chi connectivity index (χ4n) is 3.63. The third kappa shape index (κ3) is 3.61. The molecule has 2 atom stereocenters. The minimum absolute atomic E-state index is 0.163. The van der Waals surface area contributed by atoms with Crippen LogP contribution in [0.25, 0.3) is 0 Å². The van der Waals surface area contributed by atoms with Crippen LogP contribution in [0.2, 0.25) is 0 Å². The molecule has 3 rings (SSSR count). The van der Waals surface area contributed by atoms with Gasteiger partial charge >= 0.3 is 17.8 Å². The van der Waals surface area contributed by atoms with E-state index in [0.29, 0.717) is 13.0 Å². The van der Waals surface area contributed by atoms with Crippen molar-refractivity contribution in [3.05, 3.63) is 35.9 Å². The smallest absolute Gasteiger partial charge is 0.334 e. The van der Waals surface area contributed by atoms with Crippen LogP contribution in [0.4, 0.5) is 4.79 Å². The summed E-state index contributed by atoms with van der Waals surface area (Å²) in [5.41, 5.74) is 0.911. The summed E-state index contributed by atoms with van der Waals surface area (Å²) in [6.07, 6.45) is 3.62. The van der Waals surface area contributed by atoms with Gasteiger partial charge in [-0.2, -0.15) is 0 Å².